The van der Waals surface area contributed by atoms with Crippen molar-refractivity contribution in [2.75, 3.05) is 19.0 Å². The summed E-state index contributed by atoms with van der Waals surface area (Å²) < 4.78 is 4.55. The van der Waals surface area contributed by atoms with Crippen molar-refractivity contribution in [3.05, 3.63) is 36.7 Å². The van der Waals surface area contributed by atoms with E-state index in [1.807, 2.05) is 0 Å². The van der Waals surface area contributed by atoms with Crippen LogP contribution in [0.15, 0.2) is 31.0 Å². The number of hydrogen-bond donors (Lipinski definition) is 1. The van der Waals surface area contributed by atoms with Crippen molar-refractivity contribution in [1.29, 1.82) is 0 Å². The fraction of sp³-hybridized carbons (Fsp3) is 0.200. The third-order valence-corrected chi connectivity index (χ3v) is 1.60. The lowest BCUT2D eigenvalue weighted by atomic mass is 10.3. The van der Waals surface area contributed by atoms with E-state index in [1.54, 1.807) is 24.4 Å². The molecule has 0 amide bonds. The largest absolute Gasteiger partial charge is 0.464 e. The van der Waals surface area contributed by atoms with Gasteiger partial charge < -0.3 is 10.1 Å². The van der Waals surface area contributed by atoms with E-state index in [-0.39, 0.29) is 0 Å². The molecule has 1 N–H and O–H groups in total. The number of aromatic nitrogens is 1. The van der Waals surface area contributed by atoms with Crippen molar-refractivity contribution in [2.45, 2.75) is 0 Å². The molecule has 0 atom stereocenters. The minimum Gasteiger partial charge on any atom is -0.464 e. The molecule has 0 spiro atoms. The lowest BCUT2D eigenvalue weighted by Gasteiger charge is -2.04. The highest BCUT2D eigenvalue weighted by molar-refractivity contribution is 5.88. The SMILES string of the molecule is C=CCNc1ccnc(C(=O)OC)c1. The van der Waals surface area contributed by atoms with E-state index < -0.39 is 5.97 Å². The first-order chi connectivity index (χ1) is 6.77. The Labute approximate surface area is 82.6 Å². The number of pyridine rings is 1. The van der Waals surface area contributed by atoms with Gasteiger partial charge in [0.15, 0.2) is 0 Å². The van der Waals surface area contributed by atoms with Crippen molar-refractivity contribution in [1.82, 2.24) is 4.98 Å². The Hall–Kier alpha value is -1.84. The van der Waals surface area contributed by atoms with Crippen LogP contribution in [-0.4, -0.2) is 24.6 Å². The van der Waals surface area contributed by atoms with Gasteiger partial charge in [-0.1, -0.05) is 6.08 Å². The molecule has 0 saturated heterocycles. The first kappa shape index (κ1) is 10.2. The van der Waals surface area contributed by atoms with Crippen molar-refractivity contribution in [2.24, 2.45) is 0 Å². The Bertz CT molecular complexity index is 337. The molecular formula is C10H12N2O2. The lowest BCUT2D eigenvalue weighted by Crippen LogP contribution is -2.05. The highest BCUT2D eigenvalue weighted by Gasteiger charge is 2.06. The number of methoxy groups -OCH3 is 1. The average Bonchev–Trinajstić information content (AvgIpc) is 2.25. The monoisotopic (exact) mass is 192 g/mol. The van der Waals surface area contributed by atoms with Crippen molar-refractivity contribution >= 4 is 11.7 Å². The van der Waals surface area contributed by atoms with Crippen LogP contribution in [-0.2, 0) is 4.74 Å². The number of rotatable bonds is 4. The van der Waals surface area contributed by atoms with Crippen LogP contribution in [0.5, 0.6) is 0 Å². The summed E-state index contributed by atoms with van der Waals surface area (Å²) in [6.45, 7) is 4.22. The van der Waals surface area contributed by atoms with Crippen molar-refractivity contribution in [3.63, 3.8) is 0 Å². The molecule has 74 valence electrons. The molecule has 4 heteroatoms. The number of ether oxygens (including phenoxy) is 1. The van der Waals surface area contributed by atoms with Gasteiger partial charge in [-0.2, -0.15) is 0 Å². The molecule has 14 heavy (non-hydrogen) atoms. The molecule has 4 nitrogen and oxygen atoms in total. The fourth-order valence-corrected chi connectivity index (χ4v) is 0.947. The van der Waals surface area contributed by atoms with E-state index in [0.29, 0.717) is 12.2 Å². The van der Waals surface area contributed by atoms with Gasteiger partial charge in [0, 0.05) is 18.4 Å². The number of carbonyl (C=O) groups is 1. The van der Waals surface area contributed by atoms with Crippen molar-refractivity contribution < 1.29 is 9.53 Å². The molecule has 0 radical (unpaired) electrons. The normalized spacial score (nSPS) is 9.21. The summed E-state index contributed by atoms with van der Waals surface area (Å²) in [6.07, 6.45) is 3.29. The van der Waals surface area contributed by atoms with Crippen LogP contribution in [0.4, 0.5) is 5.69 Å². The first-order valence-corrected chi connectivity index (χ1v) is 4.17. The van der Waals surface area contributed by atoms with Gasteiger partial charge in [-0.3, -0.25) is 0 Å². The molecule has 1 aromatic heterocycles. The number of anilines is 1. The van der Waals surface area contributed by atoms with Gasteiger partial charge in [-0.05, 0) is 12.1 Å². The van der Waals surface area contributed by atoms with E-state index in [4.69, 9.17) is 0 Å². The summed E-state index contributed by atoms with van der Waals surface area (Å²) >= 11 is 0. The number of esters is 1. The van der Waals surface area contributed by atoms with Gasteiger partial charge in [0.25, 0.3) is 0 Å². The zero-order valence-electron chi connectivity index (χ0n) is 7.99. The summed E-state index contributed by atoms with van der Waals surface area (Å²) in [6, 6.07) is 3.41. The maximum Gasteiger partial charge on any atom is 0.356 e. The Morgan fingerprint density at radius 1 is 1.79 bits per heavy atom. The third-order valence-electron chi connectivity index (χ3n) is 1.60. The number of nitrogens with zero attached hydrogens (tertiary/aromatic N) is 1. The molecule has 0 unspecified atom stereocenters. The average molecular weight is 192 g/mol. The zero-order valence-corrected chi connectivity index (χ0v) is 7.99. The smallest absolute Gasteiger partial charge is 0.356 e. The molecule has 1 heterocycles. The fourth-order valence-electron chi connectivity index (χ4n) is 0.947. The van der Waals surface area contributed by atoms with E-state index in [1.165, 1.54) is 7.11 Å². The molecule has 1 aromatic rings. The second-order valence-electron chi connectivity index (χ2n) is 2.59. The Kier molecular flexibility index (Phi) is 3.67. The van der Waals surface area contributed by atoms with Crippen LogP contribution in [0.25, 0.3) is 0 Å². The van der Waals surface area contributed by atoms with Crippen LogP contribution in [0.3, 0.4) is 0 Å². The highest BCUT2D eigenvalue weighted by atomic mass is 16.5. The second-order valence-corrected chi connectivity index (χ2v) is 2.59. The predicted molar refractivity (Wildman–Crippen MR) is 54.3 cm³/mol. The second kappa shape index (κ2) is 5.01. The standard InChI is InChI=1S/C10H12N2O2/c1-3-5-11-8-4-6-12-9(7-8)10(13)14-2/h3-4,6-7H,1,5H2,2H3,(H,11,12). The number of carbonyl (C=O) groups excluding carboxylic acids is 1. The molecule has 0 saturated carbocycles. The van der Waals surface area contributed by atoms with Gasteiger partial charge in [0.05, 0.1) is 7.11 Å². The topological polar surface area (TPSA) is 51.2 Å². The van der Waals surface area contributed by atoms with Crippen LogP contribution in [0.1, 0.15) is 10.5 Å². The van der Waals surface area contributed by atoms with Gasteiger partial charge in [0.1, 0.15) is 5.69 Å². The van der Waals surface area contributed by atoms with E-state index >= 15 is 0 Å². The van der Waals surface area contributed by atoms with Crippen LogP contribution in [0.2, 0.25) is 0 Å². The highest BCUT2D eigenvalue weighted by Crippen LogP contribution is 2.08. The maximum absolute atomic E-state index is 11.1. The van der Waals surface area contributed by atoms with Gasteiger partial charge >= 0.3 is 5.97 Å². The lowest BCUT2D eigenvalue weighted by molar-refractivity contribution is 0.0594. The summed E-state index contributed by atoms with van der Waals surface area (Å²) in [4.78, 5) is 15.0. The van der Waals surface area contributed by atoms with Crippen molar-refractivity contribution in [3.8, 4) is 0 Å². The predicted octanol–water partition coefficient (Wildman–Crippen LogP) is 1.47. The minimum absolute atomic E-state index is 0.293. The maximum atomic E-state index is 11.1. The Balaban J connectivity index is 2.78. The third kappa shape index (κ3) is 2.58. The van der Waals surface area contributed by atoms with E-state index in [9.17, 15) is 4.79 Å². The molecular weight excluding hydrogens is 180 g/mol. The van der Waals surface area contributed by atoms with Gasteiger partial charge in [-0.15, -0.1) is 6.58 Å². The summed E-state index contributed by atoms with van der Waals surface area (Å²) in [7, 11) is 1.33. The summed E-state index contributed by atoms with van der Waals surface area (Å²) in [5.41, 5.74) is 1.11. The van der Waals surface area contributed by atoms with E-state index in [0.717, 1.165) is 5.69 Å². The molecule has 0 aromatic carbocycles. The first-order valence-electron chi connectivity index (χ1n) is 4.17. The van der Waals surface area contributed by atoms with E-state index in [2.05, 4.69) is 21.6 Å². The summed E-state index contributed by atoms with van der Waals surface area (Å²) in [5.74, 6) is -0.438. The Morgan fingerprint density at radius 3 is 3.21 bits per heavy atom. The summed E-state index contributed by atoms with van der Waals surface area (Å²) in [5, 5.41) is 3.05. The molecule has 0 bridgehead atoms. The van der Waals surface area contributed by atoms with Gasteiger partial charge in [-0.25, -0.2) is 9.78 Å². The molecule has 1 rings (SSSR count). The molecule has 0 aliphatic carbocycles. The Morgan fingerprint density at radius 2 is 2.57 bits per heavy atom. The van der Waals surface area contributed by atoms with Gasteiger partial charge in [0.2, 0.25) is 0 Å². The quantitative estimate of drug-likeness (QED) is 0.579. The number of nitrogens with one attached hydrogen (secondary N) is 1. The number of hydrogen-bond acceptors (Lipinski definition) is 4. The van der Waals surface area contributed by atoms with Crippen LogP contribution in [0, 0.1) is 0 Å². The minimum atomic E-state index is -0.438. The zero-order chi connectivity index (χ0) is 10.4. The molecule has 0 aliphatic heterocycles. The van der Waals surface area contributed by atoms with Crippen LogP contribution < -0.4 is 5.32 Å². The molecule has 0 fully saturated rings. The molecule has 0 aliphatic rings. The van der Waals surface area contributed by atoms with Crippen LogP contribution >= 0.6 is 0 Å².